The van der Waals surface area contributed by atoms with Crippen molar-refractivity contribution in [2.45, 2.75) is 99.0 Å². The standard InChI is InChI=1S/C40H46O9/c1-19(2)27-16-25(13-14-26(43)15-23-9-11-24(12-10-23)21(5)41)33(44)30-28(27)17-38(7)18-39(8)31(20(3)4)34(45)29(22(6)42)36(47)40(39,49)37(48)32(38)35(30)46/h9-12,16,19-20,29,31-32,44,49H,13-15,17-18H2,1-8H3/t29?,31?,32?,38-,39-,40+/m1/s1. The second-order valence-electron chi connectivity index (χ2n) is 15.8. The first kappa shape index (κ1) is 36.2. The van der Waals surface area contributed by atoms with Crippen molar-refractivity contribution in [3.05, 3.63) is 63.7 Å². The van der Waals surface area contributed by atoms with Crippen molar-refractivity contribution in [2.75, 3.05) is 0 Å². The van der Waals surface area contributed by atoms with Crippen molar-refractivity contribution >= 4 is 40.5 Å². The molecular weight excluding hydrogens is 624 g/mol. The maximum Gasteiger partial charge on any atom is 0.190 e. The van der Waals surface area contributed by atoms with Crippen LogP contribution in [0.2, 0.25) is 0 Å². The number of carbonyl (C=O) groups excluding carboxylic acids is 7. The predicted molar refractivity (Wildman–Crippen MR) is 180 cm³/mol. The lowest BCUT2D eigenvalue weighted by molar-refractivity contribution is -0.205. The average Bonchev–Trinajstić information content (AvgIpc) is 2.98. The first-order valence-corrected chi connectivity index (χ1v) is 17.1. The van der Waals surface area contributed by atoms with E-state index in [1.54, 1.807) is 52.0 Å². The summed E-state index contributed by atoms with van der Waals surface area (Å²) in [5.41, 5.74) is -2.45. The largest absolute Gasteiger partial charge is 0.507 e. The third-order valence-electron chi connectivity index (χ3n) is 11.5. The van der Waals surface area contributed by atoms with E-state index in [0.29, 0.717) is 16.7 Å². The molecule has 9 nitrogen and oxygen atoms in total. The second kappa shape index (κ2) is 12.3. The maximum absolute atomic E-state index is 14.6. The quantitative estimate of drug-likeness (QED) is 0.271. The lowest BCUT2D eigenvalue weighted by Crippen LogP contribution is -2.76. The highest BCUT2D eigenvalue weighted by Gasteiger charge is 2.76. The third-order valence-corrected chi connectivity index (χ3v) is 11.5. The van der Waals surface area contributed by atoms with E-state index in [0.717, 1.165) is 18.1 Å². The number of ketones is 7. The number of Topliss-reactive ketones (excluding diaryl/α,β-unsaturated/α-hetero) is 7. The van der Waals surface area contributed by atoms with Gasteiger partial charge in [0.2, 0.25) is 0 Å². The smallest absolute Gasteiger partial charge is 0.190 e. The van der Waals surface area contributed by atoms with Gasteiger partial charge < -0.3 is 10.2 Å². The van der Waals surface area contributed by atoms with Crippen LogP contribution in [0.5, 0.6) is 5.75 Å². The van der Waals surface area contributed by atoms with Gasteiger partial charge in [-0.25, -0.2) is 0 Å². The van der Waals surface area contributed by atoms with E-state index in [1.165, 1.54) is 6.92 Å². The number of fused-ring (bicyclic) bond motifs is 3. The topological polar surface area (TPSA) is 160 Å². The van der Waals surface area contributed by atoms with Crippen molar-refractivity contribution in [3.8, 4) is 5.75 Å². The number of rotatable bonds is 9. The summed E-state index contributed by atoms with van der Waals surface area (Å²) in [5, 5.41) is 23.9. The van der Waals surface area contributed by atoms with Crippen molar-refractivity contribution in [1.82, 2.24) is 0 Å². The maximum atomic E-state index is 14.6. The first-order valence-electron chi connectivity index (χ1n) is 17.1. The molecule has 0 spiro atoms. The van der Waals surface area contributed by atoms with Crippen LogP contribution in [0.4, 0.5) is 0 Å². The molecule has 2 fully saturated rings. The van der Waals surface area contributed by atoms with Gasteiger partial charge >= 0.3 is 0 Å². The van der Waals surface area contributed by atoms with E-state index in [1.807, 2.05) is 19.9 Å². The van der Waals surface area contributed by atoms with Gasteiger partial charge in [-0.1, -0.05) is 71.9 Å². The van der Waals surface area contributed by atoms with E-state index in [2.05, 4.69) is 0 Å². The van der Waals surface area contributed by atoms with Crippen molar-refractivity contribution < 1.29 is 43.8 Å². The first-order chi connectivity index (χ1) is 22.7. The highest BCUT2D eigenvalue weighted by molar-refractivity contribution is 6.32. The highest BCUT2D eigenvalue weighted by atomic mass is 16.3. The Morgan fingerprint density at radius 3 is 2.08 bits per heavy atom. The number of hydrogen-bond donors (Lipinski definition) is 2. The summed E-state index contributed by atoms with van der Waals surface area (Å²) >= 11 is 0. The molecule has 3 aliphatic rings. The molecule has 2 aromatic rings. The molecule has 260 valence electrons. The van der Waals surface area contributed by atoms with Crippen LogP contribution in [-0.4, -0.2) is 56.3 Å². The fraction of sp³-hybridized carbons (Fsp3) is 0.525. The zero-order valence-electron chi connectivity index (χ0n) is 29.6. The van der Waals surface area contributed by atoms with Gasteiger partial charge in [0.15, 0.2) is 34.5 Å². The Labute approximate surface area is 286 Å². The highest BCUT2D eigenvalue weighted by Crippen LogP contribution is 2.64. The Balaban J connectivity index is 1.55. The summed E-state index contributed by atoms with van der Waals surface area (Å²) in [6, 6.07) is 8.61. The number of hydrogen-bond acceptors (Lipinski definition) is 9. The Bertz CT molecular complexity index is 1820. The van der Waals surface area contributed by atoms with Crippen molar-refractivity contribution in [1.29, 1.82) is 0 Å². The molecule has 3 unspecified atom stereocenters. The average molecular weight is 671 g/mol. The number of phenols is 1. The lowest BCUT2D eigenvalue weighted by atomic mass is 9.39. The molecule has 2 aromatic carbocycles. The van der Waals surface area contributed by atoms with Gasteiger partial charge in [-0.3, -0.25) is 33.6 Å². The summed E-state index contributed by atoms with van der Waals surface area (Å²) in [6.45, 7) is 13.3. The molecule has 3 aliphatic carbocycles. The number of benzene rings is 2. The number of aromatic hydroxyl groups is 1. The van der Waals surface area contributed by atoms with Crippen molar-refractivity contribution in [3.63, 3.8) is 0 Å². The van der Waals surface area contributed by atoms with Gasteiger partial charge in [0, 0.05) is 29.7 Å². The number of carbonyl (C=O) groups is 7. The van der Waals surface area contributed by atoms with E-state index < -0.39 is 69.0 Å². The Morgan fingerprint density at radius 2 is 1.55 bits per heavy atom. The normalized spacial score (nSPS) is 29.5. The molecule has 9 heteroatoms. The van der Waals surface area contributed by atoms with Crippen molar-refractivity contribution in [2.24, 2.45) is 34.5 Å². The lowest BCUT2D eigenvalue weighted by Gasteiger charge is -2.62. The monoisotopic (exact) mass is 670 g/mol. The zero-order chi connectivity index (χ0) is 36.5. The van der Waals surface area contributed by atoms with E-state index in [9.17, 15) is 43.8 Å². The molecule has 0 saturated heterocycles. The van der Waals surface area contributed by atoms with Gasteiger partial charge in [0.1, 0.15) is 23.2 Å². The minimum absolute atomic E-state index is 0.00894. The third kappa shape index (κ3) is 5.45. The minimum atomic E-state index is -2.76. The molecule has 2 N–H and O–H groups in total. The molecule has 2 saturated carbocycles. The molecule has 5 rings (SSSR count). The minimum Gasteiger partial charge on any atom is -0.507 e. The van der Waals surface area contributed by atoms with Crippen LogP contribution < -0.4 is 0 Å². The fourth-order valence-corrected chi connectivity index (χ4v) is 9.44. The summed E-state index contributed by atoms with van der Waals surface area (Å²) in [4.78, 5) is 94.0. The van der Waals surface area contributed by atoms with Gasteiger partial charge in [-0.15, -0.1) is 0 Å². The van der Waals surface area contributed by atoms with Crippen LogP contribution in [0.25, 0.3) is 0 Å². The Kier molecular flexibility index (Phi) is 9.11. The van der Waals surface area contributed by atoms with E-state index in [4.69, 9.17) is 0 Å². The van der Waals surface area contributed by atoms with Crippen LogP contribution in [0, 0.1) is 34.5 Å². The van der Waals surface area contributed by atoms with Gasteiger partial charge in [0.25, 0.3) is 0 Å². The van der Waals surface area contributed by atoms with Gasteiger partial charge in [0.05, 0.1) is 11.5 Å². The summed E-state index contributed by atoms with van der Waals surface area (Å²) in [6.07, 6.45) is 0.490. The second-order valence-corrected chi connectivity index (χ2v) is 15.8. The Morgan fingerprint density at radius 1 is 0.939 bits per heavy atom. The van der Waals surface area contributed by atoms with Crippen LogP contribution >= 0.6 is 0 Å². The number of aryl methyl sites for hydroxylation is 1. The Hall–Kier alpha value is -4.11. The molecule has 0 amide bonds. The molecule has 0 radical (unpaired) electrons. The summed E-state index contributed by atoms with van der Waals surface area (Å²) in [7, 11) is 0. The molecule has 0 aromatic heterocycles. The fourth-order valence-electron chi connectivity index (χ4n) is 9.44. The van der Waals surface area contributed by atoms with E-state index >= 15 is 0 Å². The number of phenolic OH excluding ortho intramolecular Hbond substituents is 1. The summed E-state index contributed by atoms with van der Waals surface area (Å²) in [5.74, 6) is -9.61. The SMILES string of the molecule is CC(=O)c1ccc(CC(=O)CCc2cc(C(C)C)c3c(c2O)C(=O)C2C(=O)[C@@]4(O)C(=O)C(C(C)=O)C(=O)C(C(C)C)[C@@]4(C)C[C@@]2(C)C3)cc1. The van der Waals surface area contributed by atoms with Crippen LogP contribution in [0.15, 0.2) is 30.3 Å². The van der Waals surface area contributed by atoms with Crippen LogP contribution in [0.3, 0.4) is 0 Å². The predicted octanol–water partition coefficient (Wildman–Crippen LogP) is 5.16. The molecule has 0 heterocycles. The molecule has 6 atom stereocenters. The van der Waals surface area contributed by atoms with Gasteiger partial charge in [-0.05, 0) is 72.6 Å². The summed E-state index contributed by atoms with van der Waals surface area (Å²) < 4.78 is 0. The van der Waals surface area contributed by atoms with E-state index in [-0.39, 0.29) is 60.9 Å². The molecule has 0 bridgehead atoms. The molecular formula is C40H46O9. The van der Waals surface area contributed by atoms with Crippen LogP contribution in [0.1, 0.15) is 117 Å². The number of aliphatic hydroxyl groups is 1. The zero-order valence-corrected chi connectivity index (χ0v) is 29.6. The molecule has 49 heavy (non-hydrogen) atoms. The van der Waals surface area contributed by atoms with Crippen LogP contribution in [-0.2, 0) is 43.2 Å². The molecule has 0 aliphatic heterocycles. The van der Waals surface area contributed by atoms with Gasteiger partial charge in [-0.2, -0.15) is 0 Å².